The lowest BCUT2D eigenvalue weighted by Crippen LogP contribution is -2.16. The number of hydrogen-bond acceptors (Lipinski definition) is 4. The summed E-state index contributed by atoms with van der Waals surface area (Å²) in [6, 6.07) is 9.25. The smallest absolute Gasteiger partial charge is 0.261 e. The molecule has 0 fully saturated rings. The first kappa shape index (κ1) is 17.6. The van der Waals surface area contributed by atoms with Gasteiger partial charge in [0.05, 0.1) is 20.4 Å². The first-order valence-corrected chi connectivity index (χ1v) is 8.16. The minimum Gasteiger partial charge on any atom is -0.497 e. The second kappa shape index (κ2) is 6.95. The average Bonchev–Trinajstić information content (AvgIpc) is 3.16. The minimum atomic E-state index is -0.254. The van der Waals surface area contributed by atoms with E-state index in [4.69, 9.17) is 9.47 Å². The topological polar surface area (TPSA) is 70.3 Å². The van der Waals surface area contributed by atoms with Crippen LogP contribution >= 0.6 is 0 Å². The fraction of sp³-hybridized carbons (Fsp3) is 0.263. The number of amides is 1. The maximum absolute atomic E-state index is 12.9. The van der Waals surface area contributed by atoms with E-state index in [-0.39, 0.29) is 5.91 Å². The molecule has 0 radical (unpaired) electrons. The molecule has 0 aliphatic carbocycles. The molecule has 136 valence electrons. The van der Waals surface area contributed by atoms with Crippen molar-refractivity contribution < 1.29 is 14.3 Å². The Morgan fingerprint density at radius 2 is 1.62 bits per heavy atom. The van der Waals surface area contributed by atoms with Gasteiger partial charge < -0.3 is 19.4 Å². The van der Waals surface area contributed by atoms with Crippen molar-refractivity contribution in [2.45, 2.75) is 13.8 Å². The van der Waals surface area contributed by atoms with Gasteiger partial charge in [-0.25, -0.2) is 0 Å². The van der Waals surface area contributed by atoms with Gasteiger partial charge >= 0.3 is 0 Å². The summed E-state index contributed by atoms with van der Waals surface area (Å²) in [5.41, 5.74) is 3.13. The van der Waals surface area contributed by atoms with Gasteiger partial charge in [-0.3, -0.25) is 9.48 Å². The van der Waals surface area contributed by atoms with Gasteiger partial charge in [-0.1, -0.05) is 0 Å². The van der Waals surface area contributed by atoms with Crippen molar-refractivity contribution in [1.82, 2.24) is 14.3 Å². The number of rotatable bonds is 5. The van der Waals surface area contributed by atoms with E-state index in [0.29, 0.717) is 22.7 Å². The summed E-state index contributed by atoms with van der Waals surface area (Å²) >= 11 is 0. The molecule has 2 heterocycles. The van der Waals surface area contributed by atoms with Gasteiger partial charge in [-0.15, -0.1) is 0 Å². The molecular weight excluding hydrogens is 332 g/mol. The van der Waals surface area contributed by atoms with Gasteiger partial charge in [0.15, 0.2) is 0 Å². The van der Waals surface area contributed by atoms with E-state index in [1.54, 1.807) is 43.3 Å². The number of aromatic nitrogens is 3. The van der Waals surface area contributed by atoms with Crippen molar-refractivity contribution in [2.75, 3.05) is 19.5 Å². The Hall–Kier alpha value is -3.22. The summed E-state index contributed by atoms with van der Waals surface area (Å²) in [5, 5.41) is 7.17. The zero-order chi connectivity index (χ0) is 18.8. The third kappa shape index (κ3) is 3.15. The standard InChI is InChI=1S/C19H22N4O3/c1-12-6-7-13(2)23(12)19-17(11-20-22(19)3)18(24)21-14-8-15(25-4)10-16(9-14)26-5/h6-11H,1-5H3,(H,21,24). The summed E-state index contributed by atoms with van der Waals surface area (Å²) in [4.78, 5) is 12.9. The van der Waals surface area contributed by atoms with Gasteiger partial charge in [0.1, 0.15) is 22.9 Å². The van der Waals surface area contributed by atoms with E-state index in [1.807, 2.05) is 37.6 Å². The number of carbonyl (C=O) groups excluding carboxylic acids is 1. The summed E-state index contributed by atoms with van der Waals surface area (Å²) in [6.45, 7) is 3.99. The molecule has 0 bridgehead atoms. The van der Waals surface area contributed by atoms with Crippen molar-refractivity contribution in [3.63, 3.8) is 0 Å². The van der Waals surface area contributed by atoms with Gasteiger partial charge in [-0.2, -0.15) is 5.10 Å². The second-order valence-corrected chi connectivity index (χ2v) is 6.01. The maximum atomic E-state index is 12.9. The fourth-order valence-electron chi connectivity index (χ4n) is 2.94. The van der Waals surface area contributed by atoms with Crippen LogP contribution in [0.4, 0.5) is 5.69 Å². The Labute approximate surface area is 152 Å². The first-order valence-electron chi connectivity index (χ1n) is 8.16. The zero-order valence-electron chi connectivity index (χ0n) is 15.5. The highest BCUT2D eigenvalue weighted by Crippen LogP contribution is 2.27. The number of aryl methyl sites for hydroxylation is 3. The molecule has 0 spiro atoms. The molecule has 1 N–H and O–H groups in total. The Balaban J connectivity index is 1.98. The molecule has 2 aromatic heterocycles. The summed E-state index contributed by atoms with van der Waals surface area (Å²) in [7, 11) is 4.95. The van der Waals surface area contributed by atoms with Crippen LogP contribution < -0.4 is 14.8 Å². The fourth-order valence-corrected chi connectivity index (χ4v) is 2.94. The zero-order valence-corrected chi connectivity index (χ0v) is 15.5. The summed E-state index contributed by atoms with van der Waals surface area (Å²) in [5.74, 6) is 1.67. The van der Waals surface area contributed by atoms with Crippen LogP contribution in [0.25, 0.3) is 5.82 Å². The van der Waals surface area contributed by atoms with Gasteiger partial charge in [0, 0.05) is 42.3 Å². The number of methoxy groups -OCH3 is 2. The normalized spacial score (nSPS) is 10.7. The van der Waals surface area contributed by atoms with Crippen molar-refractivity contribution in [3.05, 3.63) is 53.5 Å². The van der Waals surface area contributed by atoms with Crippen LogP contribution in [-0.2, 0) is 7.05 Å². The van der Waals surface area contributed by atoms with E-state index < -0.39 is 0 Å². The van der Waals surface area contributed by atoms with Crippen LogP contribution in [-0.4, -0.2) is 34.5 Å². The molecule has 7 heteroatoms. The third-order valence-electron chi connectivity index (χ3n) is 4.24. The maximum Gasteiger partial charge on any atom is 0.261 e. The number of hydrogen-bond donors (Lipinski definition) is 1. The van der Waals surface area contributed by atoms with E-state index in [1.165, 1.54) is 0 Å². The van der Waals surface area contributed by atoms with E-state index in [2.05, 4.69) is 10.4 Å². The molecule has 3 rings (SSSR count). The summed E-state index contributed by atoms with van der Waals surface area (Å²) < 4.78 is 14.2. The number of carbonyl (C=O) groups is 1. The molecule has 1 amide bonds. The van der Waals surface area contributed by atoms with Gasteiger partial charge in [0.2, 0.25) is 0 Å². The van der Waals surface area contributed by atoms with Crippen molar-refractivity contribution in [1.29, 1.82) is 0 Å². The summed E-state index contributed by atoms with van der Waals surface area (Å²) in [6.07, 6.45) is 1.57. The molecule has 7 nitrogen and oxygen atoms in total. The predicted molar refractivity (Wildman–Crippen MR) is 99.5 cm³/mol. The minimum absolute atomic E-state index is 0.254. The van der Waals surface area contributed by atoms with E-state index >= 15 is 0 Å². The molecular formula is C19H22N4O3. The highest BCUT2D eigenvalue weighted by molar-refractivity contribution is 6.06. The number of nitrogens with zero attached hydrogens (tertiary/aromatic N) is 3. The molecule has 0 aliphatic heterocycles. The van der Waals surface area contributed by atoms with Crippen LogP contribution in [0.1, 0.15) is 21.7 Å². The Kier molecular flexibility index (Phi) is 4.71. The molecule has 0 unspecified atom stereocenters. The quantitative estimate of drug-likeness (QED) is 0.764. The SMILES string of the molecule is COc1cc(NC(=O)c2cnn(C)c2-n2c(C)ccc2C)cc(OC)c1. The van der Waals surface area contributed by atoms with Crippen molar-refractivity contribution in [2.24, 2.45) is 7.05 Å². The third-order valence-corrected chi connectivity index (χ3v) is 4.24. The molecule has 0 aliphatic rings. The lowest BCUT2D eigenvalue weighted by molar-refractivity contribution is 0.102. The first-order chi connectivity index (χ1) is 12.4. The van der Waals surface area contributed by atoms with E-state index in [0.717, 1.165) is 17.2 Å². The molecule has 26 heavy (non-hydrogen) atoms. The van der Waals surface area contributed by atoms with Gasteiger partial charge in [0.25, 0.3) is 5.91 Å². The van der Waals surface area contributed by atoms with Crippen molar-refractivity contribution in [3.8, 4) is 17.3 Å². The number of anilines is 1. The molecule has 0 saturated heterocycles. The average molecular weight is 354 g/mol. The molecule has 1 aromatic carbocycles. The van der Waals surface area contributed by atoms with Crippen LogP contribution in [0.3, 0.4) is 0 Å². The second-order valence-electron chi connectivity index (χ2n) is 6.01. The van der Waals surface area contributed by atoms with Crippen molar-refractivity contribution >= 4 is 11.6 Å². The molecule has 3 aromatic rings. The predicted octanol–water partition coefficient (Wildman–Crippen LogP) is 3.10. The number of nitrogens with one attached hydrogen (secondary N) is 1. The number of ether oxygens (including phenoxy) is 2. The Morgan fingerprint density at radius 3 is 2.15 bits per heavy atom. The lowest BCUT2D eigenvalue weighted by atomic mass is 10.2. The molecule has 0 saturated carbocycles. The highest BCUT2D eigenvalue weighted by Gasteiger charge is 2.20. The Morgan fingerprint density at radius 1 is 1.04 bits per heavy atom. The van der Waals surface area contributed by atoms with E-state index in [9.17, 15) is 4.79 Å². The number of benzene rings is 1. The monoisotopic (exact) mass is 354 g/mol. The van der Waals surface area contributed by atoms with Crippen LogP contribution in [0, 0.1) is 13.8 Å². The van der Waals surface area contributed by atoms with Crippen LogP contribution in [0.5, 0.6) is 11.5 Å². The van der Waals surface area contributed by atoms with Crippen LogP contribution in [0.2, 0.25) is 0 Å². The highest BCUT2D eigenvalue weighted by atomic mass is 16.5. The Bertz CT molecular complexity index is 914. The van der Waals surface area contributed by atoms with Crippen LogP contribution in [0.15, 0.2) is 36.5 Å². The van der Waals surface area contributed by atoms with Gasteiger partial charge in [-0.05, 0) is 26.0 Å². The lowest BCUT2D eigenvalue weighted by Gasteiger charge is -2.13. The largest absolute Gasteiger partial charge is 0.497 e. The molecule has 0 atom stereocenters.